The number of ether oxygens (including phenoxy) is 3. The number of hydrogen-bond donors (Lipinski definition) is 1. The lowest BCUT2D eigenvalue weighted by molar-refractivity contribution is -0.133. The molecular formula is C25H35N3O4. The summed E-state index contributed by atoms with van der Waals surface area (Å²) < 4.78 is 17.2. The van der Waals surface area contributed by atoms with E-state index in [-0.39, 0.29) is 6.10 Å². The van der Waals surface area contributed by atoms with Crippen molar-refractivity contribution < 1.29 is 19.0 Å². The number of rotatable bonds is 11. The molecular weight excluding hydrogens is 406 g/mol. The van der Waals surface area contributed by atoms with Crippen LogP contribution in [0.1, 0.15) is 63.2 Å². The number of aromatic nitrogens is 1. The molecule has 2 aromatic rings. The molecule has 2 atom stereocenters. The lowest BCUT2D eigenvalue weighted by Gasteiger charge is -2.20. The van der Waals surface area contributed by atoms with E-state index in [1.54, 1.807) is 7.11 Å². The first kappa shape index (κ1) is 22.6. The topological polar surface area (TPSA) is 72.9 Å². The van der Waals surface area contributed by atoms with Crippen molar-refractivity contribution in [1.29, 1.82) is 0 Å². The molecule has 1 unspecified atom stereocenters. The molecule has 0 spiro atoms. The van der Waals surface area contributed by atoms with Gasteiger partial charge in [-0.15, -0.1) is 0 Å². The van der Waals surface area contributed by atoms with Crippen molar-refractivity contribution >= 4 is 23.2 Å². The van der Waals surface area contributed by atoms with E-state index in [0.29, 0.717) is 30.6 Å². The van der Waals surface area contributed by atoms with Crippen LogP contribution >= 0.6 is 0 Å². The third-order valence-electron chi connectivity index (χ3n) is 6.68. The molecule has 7 heteroatoms. The molecule has 174 valence electrons. The average molecular weight is 442 g/mol. The Kier molecular flexibility index (Phi) is 7.35. The number of carbonyl (C=O) groups excluding carboxylic acids is 1. The van der Waals surface area contributed by atoms with Crippen molar-refractivity contribution in [2.45, 2.75) is 64.5 Å². The van der Waals surface area contributed by atoms with Gasteiger partial charge in [-0.05, 0) is 64.6 Å². The maximum Gasteiger partial charge on any atom is 0.293 e. The highest BCUT2D eigenvalue weighted by atomic mass is 16.5. The molecule has 1 saturated heterocycles. The van der Waals surface area contributed by atoms with Crippen LogP contribution in [0.5, 0.6) is 11.5 Å². The molecule has 1 aliphatic heterocycles. The van der Waals surface area contributed by atoms with Crippen molar-refractivity contribution in [3.05, 3.63) is 23.3 Å². The summed E-state index contributed by atoms with van der Waals surface area (Å²) in [5.41, 5.74) is 2.99. The minimum atomic E-state index is -0.262. The molecule has 1 aliphatic carbocycles. The van der Waals surface area contributed by atoms with E-state index in [4.69, 9.17) is 19.2 Å². The fourth-order valence-electron chi connectivity index (χ4n) is 4.78. The van der Waals surface area contributed by atoms with Crippen LogP contribution in [-0.4, -0.2) is 55.7 Å². The number of nitrogens with zero attached hydrogens (tertiary/aromatic N) is 2. The monoisotopic (exact) mass is 441 g/mol. The van der Waals surface area contributed by atoms with Crippen LogP contribution in [0.4, 0.5) is 5.82 Å². The molecule has 7 nitrogen and oxygen atoms in total. The molecule has 0 amide bonds. The predicted octanol–water partition coefficient (Wildman–Crippen LogP) is 4.48. The zero-order valence-corrected chi connectivity index (χ0v) is 19.5. The Labute approximate surface area is 190 Å². The van der Waals surface area contributed by atoms with Crippen LogP contribution in [0.15, 0.2) is 12.1 Å². The Hall–Kier alpha value is -2.54. The Balaban J connectivity index is 1.64. The fraction of sp³-hybridized carbons (Fsp3) is 0.600. The summed E-state index contributed by atoms with van der Waals surface area (Å²) in [7, 11) is 1.66. The molecule has 1 fully saturated rings. The molecule has 0 saturated carbocycles. The Morgan fingerprint density at radius 1 is 1.28 bits per heavy atom. The van der Waals surface area contributed by atoms with Gasteiger partial charge in [0, 0.05) is 35.2 Å². The van der Waals surface area contributed by atoms with Crippen LogP contribution in [0.25, 0.3) is 10.9 Å². The normalized spacial score (nSPS) is 19.0. The number of pyridine rings is 1. The predicted molar refractivity (Wildman–Crippen MR) is 126 cm³/mol. The summed E-state index contributed by atoms with van der Waals surface area (Å²) in [5.74, 6) is 2.26. The van der Waals surface area contributed by atoms with Crippen LogP contribution in [0.2, 0.25) is 0 Å². The minimum absolute atomic E-state index is 0.262. The van der Waals surface area contributed by atoms with E-state index in [1.165, 1.54) is 25.9 Å². The van der Waals surface area contributed by atoms with Gasteiger partial charge in [-0.2, -0.15) is 0 Å². The van der Waals surface area contributed by atoms with E-state index in [9.17, 15) is 4.79 Å². The van der Waals surface area contributed by atoms with Gasteiger partial charge >= 0.3 is 0 Å². The third-order valence-corrected chi connectivity index (χ3v) is 6.68. The highest BCUT2D eigenvalue weighted by Gasteiger charge is 2.30. The molecule has 1 aromatic carbocycles. The zero-order valence-electron chi connectivity index (χ0n) is 19.5. The second-order valence-electron chi connectivity index (χ2n) is 8.84. The van der Waals surface area contributed by atoms with Crippen molar-refractivity contribution in [1.82, 2.24) is 9.88 Å². The summed E-state index contributed by atoms with van der Waals surface area (Å²) in [6.45, 7) is 8.94. The quantitative estimate of drug-likeness (QED) is 0.407. The summed E-state index contributed by atoms with van der Waals surface area (Å²) in [5, 5.41) is 4.50. The summed E-state index contributed by atoms with van der Waals surface area (Å²) >= 11 is 0. The third kappa shape index (κ3) is 4.77. The van der Waals surface area contributed by atoms with E-state index in [2.05, 4.69) is 24.1 Å². The van der Waals surface area contributed by atoms with Gasteiger partial charge in [-0.25, -0.2) is 4.98 Å². The Morgan fingerprint density at radius 3 is 2.81 bits per heavy atom. The molecule has 4 rings (SSSR count). The van der Waals surface area contributed by atoms with Crippen molar-refractivity contribution in [2.75, 3.05) is 38.7 Å². The number of likely N-dealkylation sites (tertiary alicyclic amines) is 1. The van der Waals surface area contributed by atoms with Gasteiger partial charge in [-0.3, -0.25) is 4.79 Å². The Morgan fingerprint density at radius 2 is 2.09 bits per heavy atom. The number of hydrogen-bond acceptors (Lipinski definition) is 7. The summed E-state index contributed by atoms with van der Waals surface area (Å²) in [6, 6.07) is 4.24. The van der Waals surface area contributed by atoms with Crippen LogP contribution in [-0.2, 0) is 16.0 Å². The van der Waals surface area contributed by atoms with Gasteiger partial charge in [-0.1, -0.05) is 6.92 Å². The molecule has 2 aliphatic rings. The van der Waals surface area contributed by atoms with Gasteiger partial charge < -0.3 is 24.4 Å². The molecule has 1 aromatic heterocycles. The lowest BCUT2D eigenvalue weighted by Crippen LogP contribution is -2.22. The standard InChI is InChI=1S/C25H35N3O4/c1-4-17(2)26-25-18-8-9-21(32-16-29)24(18)19-14-22(30-3)23(15-20(19)27-25)31-13-7-12-28-10-5-6-11-28/h14-17,21H,4-13H2,1-3H3,(H,26,27)/t17-,21?/m1/s1. The van der Waals surface area contributed by atoms with Crippen LogP contribution < -0.4 is 14.8 Å². The van der Waals surface area contributed by atoms with E-state index < -0.39 is 0 Å². The highest BCUT2D eigenvalue weighted by Crippen LogP contribution is 2.44. The van der Waals surface area contributed by atoms with Gasteiger partial charge in [0.25, 0.3) is 6.47 Å². The molecule has 0 radical (unpaired) electrons. The second kappa shape index (κ2) is 10.4. The maximum absolute atomic E-state index is 11.1. The highest BCUT2D eigenvalue weighted by molar-refractivity contribution is 5.90. The van der Waals surface area contributed by atoms with Crippen molar-refractivity contribution in [3.8, 4) is 11.5 Å². The van der Waals surface area contributed by atoms with Crippen LogP contribution in [0, 0.1) is 0 Å². The van der Waals surface area contributed by atoms with Crippen LogP contribution in [0.3, 0.4) is 0 Å². The smallest absolute Gasteiger partial charge is 0.293 e. The number of benzene rings is 1. The summed E-state index contributed by atoms with van der Waals surface area (Å²) in [4.78, 5) is 18.6. The largest absolute Gasteiger partial charge is 0.493 e. The maximum atomic E-state index is 11.1. The van der Waals surface area contributed by atoms with Crippen molar-refractivity contribution in [2.24, 2.45) is 0 Å². The molecule has 0 bridgehead atoms. The number of methoxy groups -OCH3 is 1. The lowest BCUT2D eigenvalue weighted by atomic mass is 10.0. The molecule has 32 heavy (non-hydrogen) atoms. The SMILES string of the molecule is CC[C@@H](C)Nc1nc2cc(OCCCN3CCCC3)c(OC)cc2c2c1CCC2OC=O. The van der Waals surface area contributed by atoms with Gasteiger partial charge in [0.2, 0.25) is 0 Å². The number of carbonyl (C=O) groups is 1. The first-order valence-corrected chi connectivity index (χ1v) is 11.9. The fourth-order valence-corrected chi connectivity index (χ4v) is 4.78. The van der Waals surface area contributed by atoms with E-state index >= 15 is 0 Å². The average Bonchev–Trinajstić information content (AvgIpc) is 3.47. The first-order chi connectivity index (χ1) is 15.6. The van der Waals surface area contributed by atoms with Gasteiger partial charge in [0.05, 0.1) is 19.2 Å². The zero-order chi connectivity index (χ0) is 22.5. The van der Waals surface area contributed by atoms with E-state index in [0.717, 1.165) is 60.1 Å². The number of fused-ring (bicyclic) bond motifs is 3. The Bertz CT molecular complexity index is 943. The van der Waals surface area contributed by atoms with Gasteiger partial charge in [0.15, 0.2) is 11.5 Å². The molecule has 1 N–H and O–H groups in total. The summed E-state index contributed by atoms with van der Waals surface area (Å²) in [6.07, 6.45) is 5.91. The first-order valence-electron chi connectivity index (χ1n) is 11.9. The van der Waals surface area contributed by atoms with Gasteiger partial charge in [0.1, 0.15) is 11.9 Å². The van der Waals surface area contributed by atoms with E-state index in [1.807, 2.05) is 12.1 Å². The number of nitrogens with one attached hydrogen (secondary N) is 1. The van der Waals surface area contributed by atoms with Crippen molar-refractivity contribution in [3.63, 3.8) is 0 Å². The second-order valence-corrected chi connectivity index (χ2v) is 8.84. The minimum Gasteiger partial charge on any atom is -0.493 e. The molecule has 2 heterocycles. The number of anilines is 1.